The van der Waals surface area contributed by atoms with Gasteiger partial charge in [-0.15, -0.1) is 0 Å². The van der Waals surface area contributed by atoms with Gasteiger partial charge in [-0.1, -0.05) is 17.7 Å². The van der Waals surface area contributed by atoms with Crippen LogP contribution in [0.2, 0.25) is 5.02 Å². The normalized spacial score (nSPS) is 14.7. The van der Waals surface area contributed by atoms with Crippen LogP contribution in [0.1, 0.15) is 21.5 Å². The summed E-state index contributed by atoms with van der Waals surface area (Å²) < 4.78 is 53.3. The molecule has 1 aliphatic heterocycles. The minimum absolute atomic E-state index is 0.123. The van der Waals surface area contributed by atoms with Crippen LogP contribution in [0, 0.1) is 0 Å². The number of ether oxygens (including phenoxy) is 1. The first-order valence-corrected chi connectivity index (χ1v) is 13.8. The Morgan fingerprint density at radius 1 is 1.09 bits per heavy atom. The number of furan rings is 1. The maximum Gasteiger partial charge on any atom is 0.416 e. The van der Waals surface area contributed by atoms with Crippen molar-refractivity contribution in [2.75, 3.05) is 38.5 Å². The summed E-state index contributed by atoms with van der Waals surface area (Å²) in [6.07, 6.45) is 0.0915. The number of aromatic nitrogens is 3. The number of anilines is 1. The Morgan fingerprint density at radius 3 is 2.65 bits per heavy atom. The van der Waals surface area contributed by atoms with Gasteiger partial charge in [-0.05, 0) is 49.0 Å². The standard InChI is InChI=1S/C30H26ClF3N6O3/c1-39-9-11-40(12-10-39)16-19-3-2-18(14-22(19)30(32,33)34)28(41)37-25-15-21(4-5-23(25)31)43-29-26-24(6-8-35-26)36-27(38-29)20-7-13-42-17-20/h2-8,13-15,17,35H,9-12,16H2,1H3,(H,37,41). The van der Waals surface area contributed by atoms with Crippen LogP contribution < -0.4 is 10.1 Å². The molecule has 2 aromatic carbocycles. The van der Waals surface area contributed by atoms with Crippen molar-refractivity contribution >= 4 is 34.2 Å². The number of carbonyl (C=O) groups excluding carboxylic acids is 1. The Bertz CT molecular complexity index is 1770. The van der Waals surface area contributed by atoms with Crippen molar-refractivity contribution in [2.24, 2.45) is 0 Å². The number of H-pyrrole nitrogens is 1. The van der Waals surface area contributed by atoms with Gasteiger partial charge in [-0.3, -0.25) is 9.69 Å². The van der Waals surface area contributed by atoms with Crippen LogP contribution in [0.3, 0.4) is 0 Å². The van der Waals surface area contributed by atoms with Crippen molar-refractivity contribution in [3.05, 3.63) is 89.0 Å². The summed E-state index contributed by atoms with van der Waals surface area (Å²) in [4.78, 5) is 29.3. The quantitative estimate of drug-likeness (QED) is 0.212. The molecule has 0 atom stereocenters. The topological polar surface area (TPSA) is 99.5 Å². The summed E-state index contributed by atoms with van der Waals surface area (Å²) in [7, 11) is 1.98. The van der Waals surface area contributed by atoms with E-state index in [0.29, 0.717) is 35.5 Å². The van der Waals surface area contributed by atoms with E-state index in [1.807, 2.05) is 11.9 Å². The van der Waals surface area contributed by atoms with E-state index >= 15 is 0 Å². The molecule has 0 radical (unpaired) electrons. The molecule has 9 nitrogen and oxygen atoms in total. The maximum atomic E-state index is 14.1. The van der Waals surface area contributed by atoms with Crippen molar-refractivity contribution in [2.45, 2.75) is 12.7 Å². The minimum atomic E-state index is -4.63. The first-order chi connectivity index (χ1) is 20.6. The van der Waals surface area contributed by atoms with Gasteiger partial charge in [0.1, 0.15) is 17.5 Å². The number of rotatable bonds is 7. The second kappa shape index (κ2) is 11.7. The summed E-state index contributed by atoms with van der Waals surface area (Å²) in [5, 5.41) is 2.79. The Labute approximate surface area is 249 Å². The molecule has 0 bridgehead atoms. The maximum absolute atomic E-state index is 14.1. The highest BCUT2D eigenvalue weighted by Crippen LogP contribution is 2.35. The number of aromatic amines is 1. The lowest BCUT2D eigenvalue weighted by Gasteiger charge is -2.33. The van der Waals surface area contributed by atoms with Gasteiger partial charge in [0.05, 0.1) is 33.6 Å². The smallest absolute Gasteiger partial charge is 0.416 e. The molecule has 4 heterocycles. The number of nitrogens with one attached hydrogen (secondary N) is 2. The fraction of sp³-hybridized carbons (Fsp3) is 0.233. The van der Waals surface area contributed by atoms with Crippen LogP contribution in [0.25, 0.3) is 22.4 Å². The van der Waals surface area contributed by atoms with Crippen molar-refractivity contribution in [3.63, 3.8) is 0 Å². The minimum Gasteiger partial charge on any atom is -0.472 e. The second-order valence-corrected chi connectivity index (χ2v) is 10.7. The van der Waals surface area contributed by atoms with Gasteiger partial charge in [0.2, 0.25) is 5.88 Å². The number of amides is 1. The van der Waals surface area contributed by atoms with Crippen LogP contribution in [0.15, 0.2) is 71.7 Å². The molecule has 5 aromatic rings. The Hall–Kier alpha value is -4.39. The number of carbonyl (C=O) groups is 1. The Morgan fingerprint density at radius 2 is 1.91 bits per heavy atom. The first kappa shape index (κ1) is 28.7. The van der Waals surface area contributed by atoms with E-state index in [9.17, 15) is 18.0 Å². The van der Waals surface area contributed by atoms with Gasteiger partial charge in [0.25, 0.3) is 5.91 Å². The molecule has 0 saturated carbocycles. The number of piperazine rings is 1. The average Bonchev–Trinajstić information content (AvgIpc) is 3.68. The van der Waals surface area contributed by atoms with E-state index in [0.717, 1.165) is 19.2 Å². The van der Waals surface area contributed by atoms with Crippen molar-refractivity contribution in [1.29, 1.82) is 0 Å². The van der Waals surface area contributed by atoms with Crippen molar-refractivity contribution < 1.29 is 27.1 Å². The molecule has 0 aliphatic carbocycles. The predicted molar refractivity (Wildman–Crippen MR) is 155 cm³/mol. The van der Waals surface area contributed by atoms with E-state index in [2.05, 4.69) is 25.2 Å². The fourth-order valence-corrected chi connectivity index (χ4v) is 5.01. The molecule has 3 aromatic heterocycles. The van der Waals surface area contributed by atoms with Gasteiger partial charge in [0, 0.05) is 50.6 Å². The molecule has 1 fully saturated rings. The monoisotopic (exact) mass is 610 g/mol. The zero-order valence-electron chi connectivity index (χ0n) is 22.9. The third-order valence-corrected chi connectivity index (χ3v) is 7.55. The summed E-state index contributed by atoms with van der Waals surface area (Å²) >= 11 is 6.35. The third kappa shape index (κ3) is 6.36. The first-order valence-electron chi connectivity index (χ1n) is 13.4. The van der Waals surface area contributed by atoms with Crippen molar-refractivity contribution in [1.82, 2.24) is 24.8 Å². The molecule has 0 unspecified atom stereocenters. The fourth-order valence-electron chi connectivity index (χ4n) is 4.85. The lowest BCUT2D eigenvalue weighted by atomic mass is 10.0. The molecule has 0 spiro atoms. The van der Waals surface area contributed by atoms with E-state index in [1.54, 1.807) is 24.4 Å². The number of hydrogen-bond acceptors (Lipinski definition) is 7. The molecule has 222 valence electrons. The number of nitrogens with zero attached hydrogens (tertiary/aromatic N) is 4. The van der Waals surface area contributed by atoms with Crippen LogP contribution in [0.4, 0.5) is 18.9 Å². The molecule has 6 rings (SSSR count). The lowest BCUT2D eigenvalue weighted by Crippen LogP contribution is -2.44. The van der Waals surface area contributed by atoms with E-state index in [4.69, 9.17) is 20.8 Å². The number of fused-ring (bicyclic) bond motifs is 1. The van der Waals surface area contributed by atoms with Crippen LogP contribution >= 0.6 is 11.6 Å². The average molecular weight is 611 g/mol. The number of hydrogen-bond donors (Lipinski definition) is 2. The van der Waals surface area contributed by atoms with E-state index in [-0.39, 0.29) is 40.0 Å². The zero-order valence-corrected chi connectivity index (χ0v) is 23.7. The van der Waals surface area contributed by atoms with Crippen LogP contribution in [-0.2, 0) is 12.7 Å². The van der Waals surface area contributed by atoms with Crippen LogP contribution in [0.5, 0.6) is 11.6 Å². The number of benzene rings is 2. The zero-order chi connectivity index (χ0) is 30.1. The van der Waals surface area contributed by atoms with Gasteiger partial charge in [-0.2, -0.15) is 18.2 Å². The van der Waals surface area contributed by atoms with Gasteiger partial charge in [0.15, 0.2) is 5.82 Å². The highest BCUT2D eigenvalue weighted by atomic mass is 35.5. The Balaban J connectivity index is 1.23. The van der Waals surface area contributed by atoms with Crippen LogP contribution in [-0.4, -0.2) is 63.9 Å². The predicted octanol–water partition coefficient (Wildman–Crippen LogP) is 6.68. The van der Waals surface area contributed by atoms with E-state index in [1.165, 1.54) is 36.8 Å². The summed E-state index contributed by atoms with van der Waals surface area (Å²) in [5.74, 6) is 0.143. The lowest BCUT2D eigenvalue weighted by molar-refractivity contribution is -0.138. The number of halogens is 4. The highest BCUT2D eigenvalue weighted by molar-refractivity contribution is 6.34. The third-order valence-electron chi connectivity index (χ3n) is 7.22. The van der Waals surface area contributed by atoms with E-state index < -0.39 is 17.6 Å². The van der Waals surface area contributed by atoms with Gasteiger partial charge in [-0.25, -0.2) is 4.98 Å². The van der Waals surface area contributed by atoms with Gasteiger partial charge >= 0.3 is 6.18 Å². The second-order valence-electron chi connectivity index (χ2n) is 10.2. The molecule has 43 heavy (non-hydrogen) atoms. The van der Waals surface area contributed by atoms with Gasteiger partial charge < -0.3 is 24.4 Å². The molecular weight excluding hydrogens is 585 g/mol. The van der Waals surface area contributed by atoms with Crippen molar-refractivity contribution in [3.8, 4) is 23.0 Å². The summed E-state index contributed by atoms with van der Waals surface area (Å²) in [6, 6.07) is 11.7. The SMILES string of the molecule is CN1CCN(Cc2ccc(C(=O)Nc3cc(Oc4nc(-c5ccoc5)nc5cc[nH]c45)ccc3Cl)cc2C(F)(F)F)CC1. The number of alkyl halides is 3. The largest absolute Gasteiger partial charge is 0.472 e. The number of likely N-dealkylation sites (N-methyl/N-ethyl adjacent to an activating group) is 1. The molecule has 2 N–H and O–H groups in total. The Kier molecular flexibility index (Phi) is 7.82. The molecular formula is C30H26ClF3N6O3. The molecule has 1 amide bonds. The molecule has 1 saturated heterocycles. The summed E-state index contributed by atoms with van der Waals surface area (Å²) in [5.41, 5.74) is 1.11. The molecule has 1 aliphatic rings. The molecule has 13 heteroatoms. The summed E-state index contributed by atoms with van der Waals surface area (Å²) in [6.45, 7) is 3.05. The highest BCUT2D eigenvalue weighted by Gasteiger charge is 2.34.